The van der Waals surface area contributed by atoms with E-state index in [0.717, 1.165) is 64.9 Å². The van der Waals surface area contributed by atoms with E-state index in [-0.39, 0.29) is 12.1 Å². The Morgan fingerprint density at radius 3 is 2.52 bits per heavy atom. The maximum absolute atomic E-state index is 10.0. The first-order valence-electron chi connectivity index (χ1n) is 15.6. The van der Waals surface area contributed by atoms with Gasteiger partial charge in [0.25, 0.3) is 0 Å². The fourth-order valence-corrected chi connectivity index (χ4v) is 7.30. The topological polar surface area (TPSA) is 100.0 Å². The van der Waals surface area contributed by atoms with Crippen LogP contribution in [0.5, 0.6) is 11.6 Å². The number of nitrogens with zero attached hydrogens (tertiary/aromatic N) is 3. The van der Waals surface area contributed by atoms with E-state index in [1.54, 1.807) is 20.4 Å². The minimum absolute atomic E-state index is 0.272. The summed E-state index contributed by atoms with van der Waals surface area (Å²) in [6.45, 7) is 6.45. The molecule has 1 atom stereocenters. The van der Waals surface area contributed by atoms with Gasteiger partial charge >= 0.3 is 0 Å². The molecule has 0 bridgehead atoms. The summed E-state index contributed by atoms with van der Waals surface area (Å²) in [6.07, 6.45) is 3.66. The highest BCUT2D eigenvalue weighted by atomic mass is 35.5. The molecule has 4 aromatic rings. The van der Waals surface area contributed by atoms with Gasteiger partial charge in [-0.05, 0) is 62.9 Å². The van der Waals surface area contributed by atoms with Crippen LogP contribution in [0.15, 0.2) is 54.7 Å². The van der Waals surface area contributed by atoms with Crippen LogP contribution in [0.3, 0.4) is 0 Å². The van der Waals surface area contributed by atoms with Gasteiger partial charge in [0.2, 0.25) is 5.88 Å². The van der Waals surface area contributed by atoms with Crippen LogP contribution in [0.1, 0.15) is 43.4 Å². The zero-order chi connectivity index (χ0) is 32.6. The number of aromatic nitrogens is 2. The fourth-order valence-electron chi connectivity index (χ4n) is 6.66. The molecular formula is C36H40Cl2N4O4. The Labute approximate surface area is 280 Å². The summed E-state index contributed by atoms with van der Waals surface area (Å²) in [4.78, 5) is 11.7. The number of nitrogens with one attached hydrogen (secondary N) is 1. The average molecular weight is 664 g/mol. The second kappa shape index (κ2) is 13.5. The van der Waals surface area contributed by atoms with Gasteiger partial charge in [-0.3, -0.25) is 9.88 Å². The average Bonchev–Trinajstić information content (AvgIpc) is 3.02. The first-order chi connectivity index (χ1) is 22.1. The van der Waals surface area contributed by atoms with E-state index in [1.165, 1.54) is 5.56 Å². The molecule has 2 aromatic carbocycles. The summed E-state index contributed by atoms with van der Waals surface area (Å²) in [5.41, 5.74) is 7.19. The summed E-state index contributed by atoms with van der Waals surface area (Å²) >= 11 is 14.2. The highest BCUT2D eigenvalue weighted by Gasteiger charge is 2.38. The number of ether oxygens (including phenoxy) is 2. The van der Waals surface area contributed by atoms with Gasteiger partial charge in [0.1, 0.15) is 5.75 Å². The minimum Gasteiger partial charge on any atom is -0.496 e. The van der Waals surface area contributed by atoms with Gasteiger partial charge in [-0.15, -0.1) is 0 Å². The molecule has 10 heteroatoms. The van der Waals surface area contributed by atoms with Gasteiger partial charge in [-0.1, -0.05) is 47.5 Å². The number of aliphatic hydroxyl groups excluding tert-OH is 1. The number of hydrogen-bond acceptors (Lipinski definition) is 8. The van der Waals surface area contributed by atoms with Crippen molar-refractivity contribution in [3.63, 3.8) is 0 Å². The number of aliphatic hydroxyl groups is 2. The second-order valence-electron chi connectivity index (χ2n) is 12.7. The van der Waals surface area contributed by atoms with Crippen LogP contribution in [0, 0.1) is 0 Å². The van der Waals surface area contributed by atoms with Crippen LogP contribution in [0.2, 0.25) is 10.0 Å². The molecule has 1 fully saturated rings. The molecule has 1 saturated carbocycles. The maximum Gasteiger partial charge on any atom is 0.218 e. The van der Waals surface area contributed by atoms with Gasteiger partial charge in [0.05, 0.1) is 47.4 Å². The zero-order valence-corrected chi connectivity index (χ0v) is 28.1. The van der Waals surface area contributed by atoms with Gasteiger partial charge in [0.15, 0.2) is 0 Å². The lowest BCUT2D eigenvalue weighted by atomic mass is 9.77. The van der Waals surface area contributed by atoms with E-state index in [4.69, 9.17) is 37.7 Å². The molecule has 46 heavy (non-hydrogen) atoms. The predicted octanol–water partition coefficient (Wildman–Crippen LogP) is 6.54. The number of pyridine rings is 2. The Hall–Kier alpha value is -3.24. The van der Waals surface area contributed by atoms with Crippen molar-refractivity contribution in [3.8, 4) is 45.3 Å². The molecule has 6 rings (SSSR count). The van der Waals surface area contributed by atoms with E-state index >= 15 is 0 Å². The molecule has 3 N–H and O–H groups in total. The number of benzene rings is 2. The minimum atomic E-state index is -0.583. The summed E-state index contributed by atoms with van der Waals surface area (Å²) in [7, 11) is 3.29. The monoisotopic (exact) mass is 662 g/mol. The van der Waals surface area contributed by atoms with Crippen molar-refractivity contribution in [2.75, 3.05) is 27.3 Å². The van der Waals surface area contributed by atoms with Crippen molar-refractivity contribution < 1.29 is 19.7 Å². The second-order valence-corrected chi connectivity index (χ2v) is 13.4. The van der Waals surface area contributed by atoms with Crippen LogP contribution < -0.4 is 14.8 Å². The lowest BCUT2D eigenvalue weighted by molar-refractivity contribution is -0.0393. The van der Waals surface area contributed by atoms with Crippen LogP contribution in [0.25, 0.3) is 33.6 Å². The van der Waals surface area contributed by atoms with Crippen molar-refractivity contribution in [1.29, 1.82) is 0 Å². The van der Waals surface area contributed by atoms with E-state index in [9.17, 15) is 10.2 Å². The van der Waals surface area contributed by atoms with Crippen molar-refractivity contribution in [1.82, 2.24) is 20.2 Å². The number of rotatable bonds is 10. The number of hydrogen-bond donors (Lipinski definition) is 3. The van der Waals surface area contributed by atoms with Gasteiger partial charge in [-0.25, -0.2) is 4.98 Å². The first kappa shape index (κ1) is 32.7. The molecule has 0 saturated heterocycles. The van der Waals surface area contributed by atoms with Crippen LogP contribution in [-0.4, -0.2) is 70.1 Å². The van der Waals surface area contributed by atoms with Crippen molar-refractivity contribution in [2.24, 2.45) is 0 Å². The molecule has 2 aromatic heterocycles. The van der Waals surface area contributed by atoms with Crippen LogP contribution in [-0.2, 0) is 19.5 Å². The summed E-state index contributed by atoms with van der Waals surface area (Å²) in [5, 5.41) is 24.4. The Morgan fingerprint density at radius 1 is 1.04 bits per heavy atom. The Bertz CT molecular complexity index is 1720. The van der Waals surface area contributed by atoms with Crippen molar-refractivity contribution in [3.05, 3.63) is 81.5 Å². The summed E-state index contributed by atoms with van der Waals surface area (Å²) in [5.74, 6) is 1.31. The molecule has 2 aliphatic rings. The third-order valence-corrected chi connectivity index (χ3v) is 9.73. The number of β-amino-alcohol motifs (C(OH)–C–C–N with tert-alkyl or cyclic N) is 1. The Kier molecular flexibility index (Phi) is 9.57. The molecule has 0 radical (unpaired) electrons. The maximum atomic E-state index is 10.0. The van der Waals surface area contributed by atoms with E-state index in [2.05, 4.69) is 21.3 Å². The fraction of sp³-hybridized carbons (Fsp3) is 0.389. The third kappa shape index (κ3) is 6.74. The predicted molar refractivity (Wildman–Crippen MR) is 183 cm³/mol. The largest absolute Gasteiger partial charge is 0.496 e. The van der Waals surface area contributed by atoms with Gasteiger partial charge in [-0.2, -0.15) is 0 Å². The smallest absolute Gasteiger partial charge is 0.218 e. The summed E-state index contributed by atoms with van der Waals surface area (Å²) < 4.78 is 11.5. The zero-order valence-electron chi connectivity index (χ0n) is 26.6. The Balaban J connectivity index is 1.29. The molecule has 0 spiro atoms. The van der Waals surface area contributed by atoms with Crippen LogP contribution in [0.4, 0.5) is 0 Å². The molecule has 3 heterocycles. The highest BCUT2D eigenvalue weighted by Crippen LogP contribution is 2.43. The lowest BCUT2D eigenvalue weighted by Crippen LogP contribution is -2.51. The lowest BCUT2D eigenvalue weighted by Gasteiger charge is -2.41. The van der Waals surface area contributed by atoms with Gasteiger partial charge < -0.3 is 25.0 Å². The molecule has 242 valence electrons. The number of methoxy groups -OCH3 is 2. The van der Waals surface area contributed by atoms with Crippen molar-refractivity contribution in [2.45, 2.75) is 63.9 Å². The Morgan fingerprint density at radius 2 is 1.80 bits per heavy atom. The quantitative estimate of drug-likeness (QED) is 0.176. The molecule has 8 nitrogen and oxygen atoms in total. The highest BCUT2D eigenvalue weighted by molar-refractivity contribution is 6.39. The summed E-state index contributed by atoms with van der Waals surface area (Å²) in [6, 6.07) is 16.1. The van der Waals surface area contributed by atoms with Crippen LogP contribution >= 0.6 is 23.2 Å². The molecule has 1 aliphatic carbocycles. The van der Waals surface area contributed by atoms with E-state index < -0.39 is 5.60 Å². The molecule has 1 aliphatic heterocycles. The molecule has 0 unspecified atom stereocenters. The normalized spacial score (nSPS) is 20.1. The number of halogens is 2. The third-order valence-electron chi connectivity index (χ3n) is 8.94. The first-order valence-corrected chi connectivity index (χ1v) is 16.4. The molecular weight excluding hydrogens is 623 g/mol. The molecule has 0 amide bonds. The van der Waals surface area contributed by atoms with E-state index in [0.29, 0.717) is 46.9 Å². The van der Waals surface area contributed by atoms with Gasteiger partial charge in [0, 0.05) is 71.8 Å². The van der Waals surface area contributed by atoms with E-state index in [1.807, 2.05) is 56.3 Å². The SMILES string of the molecule is COc1cc(-c2nccc(-c3cccc(-c4ccc(CNC5CC(C)(O)C5)c(OC)n4)c3Cl)c2Cl)cc2c1CN(C[C@H](C)O)CC2. The van der Waals surface area contributed by atoms with Crippen molar-refractivity contribution >= 4 is 23.2 Å². The number of fused-ring (bicyclic) bond motifs is 1. The standard InChI is InChI=1S/C36H40Cl2N4O4/c1-21(43)19-42-13-11-22-14-24(15-31(45-3)29(22)20-42)34-33(38)27(10-12-39-34)26-6-5-7-28(32(26)37)30-9-8-23(35(41-30)46-4)18-40-25-16-36(2,44)17-25/h5-10,12,14-15,21,25,40,43-44H,11,13,16-20H2,1-4H3/t21-,25?,36?/m0/s1.